The van der Waals surface area contributed by atoms with Gasteiger partial charge in [-0.15, -0.1) is 0 Å². The average Bonchev–Trinajstić information content (AvgIpc) is 3.03. The SMILES string of the molecule is CC(C)C[C@@H]1[C@H]2[C@H](C(=O)NC(C)(C)C)N[C@H](CC(=O)O)C(=O)N21. The molecule has 2 aliphatic rings. The highest BCUT2D eigenvalue weighted by atomic mass is 16.4. The van der Waals surface area contributed by atoms with Crippen LogP contribution >= 0.6 is 0 Å². The number of rotatable bonds is 5. The average molecular weight is 325 g/mol. The molecular weight excluding hydrogens is 298 g/mol. The van der Waals surface area contributed by atoms with Gasteiger partial charge in [-0.3, -0.25) is 19.7 Å². The summed E-state index contributed by atoms with van der Waals surface area (Å²) >= 11 is 0. The zero-order valence-electron chi connectivity index (χ0n) is 14.4. The Kier molecular flexibility index (Phi) is 4.71. The molecule has 0 bridgehead atoms. The second-order valence-corrected chi connectivity index (χ2v) is 7.97. The van der Waals surface area contributed by atoms with Crippen molar-refractivity contribution < 1.29 is 19.5 Å². The molecule has 2 aliphatic heterocycles. The van der Waals surface area contributed by atoms with Crippen LogP contribution in [0.2, 0.25) is 0 Å². The molecule has 2 heterocycles. The smallest absolute Gasteiger partial charge is 0.305 e. The molecule has 0 aromatic heterocycles. The van der Waals surface area contributed by atoms with E-state index in [0.29, 0.717) is 5.92 Å². The lowest BCUT2D eigenvalue weighted by atomic mass is 10.00. The van der Waals surface area contributed by atoms with Crippen LogP contribution in [0.1, 0.15) is 47.5 Å². The number of carbonyl (C=O) groups excluding carboxylic acids is 2. The number of carboxylic acid groups (broad SMARTS) is 1. The standard InChI is InChI=1S/C16H27N3O4/c1-8(2)6-10-13-12(14(22)18-16(3,4)5)17-9(7-11(20)21)15(23)19(10)13/h8-10,12-13,17H,6-7H2,1-5H3,(H,18,22)(H,20,21)/t9-,10-,12-,13+,19?/m1/s1. The van der Waals surface area contributed by atoms with Crippen molar-refractivity contribution in [3.8, 4) is 0 Å². The first-order valence-corrected chi connectivity index (χ1v) is 8.13. The minimum Gasteiger partial charge on any atom is -0.481 e. The molecule has 0 aromatic carbocycles. The Hall–Kier alpha value is -1.63. The van der Waals surface area contributed by atoms with E-state index in [0.717, 1.165) is 6.42 Å². The minimum atomic E-state index is -1.05. The predicted molar refractivity (Wildman–Crippen MR) is 84.7 cm³/mol. The highest BCUT2D eigenvalue weighted by Crippen LogP contribution is 2.40. The van der Waals surface area contributed by atoms with E-state index < -0.39 is 18.1 Å². The van der Waals surface area contributed by atoms with Crippen LogP contribution in [0.25, 0.3) is 0 Å². The van der Waals surface area contributed by atoms with Crippen molar-refractivity contribution in [1.82, 2.24) is 15.5 Å². The van der Waals surface area contributed by atoms with Crippen LogP contribution in [0.3, 0.4) is 0 Å². The normalized spacial score (nSPS) is 30.2. The van der Waals surface area contributed by atoms with E-state index in [1.54, 1.807) is 4.90 Å². The third kappa shape index (κ3) is 4.02. The van der Waals surface area contributed by atoms with Crippen molar-refractivity contribution in [2.24, 2.45) is 5.92 Å². The highest BCUT2D eigenvalue weighted by Gasteiger charge is 2.61. The van der Waals surface area contributed by atoms with E-state index >= 15 is 0 Å². The molecule has 0 unspecified atom stereocenters. The van der Waals surface area contributed by atoms with Gasteiger partial charge in [-0.2, -0.15) is 0 Å². The number of aliphatic carboxylic acids is 1. The summed E-state index contributed by atoms with van der Waals surface area (Å²) in [7, 11) is 0. The molecule has 0 aromatic rings. The van der Waals surface area contributed by atoms with Crippen LogP contribution in [0.5, 0.6) is 0 Å². The molecule has 0 radical (unpaired) electrons. The monoisotopic (exact) mass is 325 g/mol. The number of amides is 2. The zero-order chi connectivity index (χ0) is 17.5. The fourth-order valence-corrected chi connectivity index (χ4v) is 3.30. The molecule has 3 N–H and O–H groups in total. The van der Waals surface area contributed by atoms with Gasteiger partial charge in [0.2, 0.25) is 11.8 Å². The van der Waals surface area contributed by atoms with Crippen molar-refractivity contribution in [1.29, 1.82) is 0 Å². The largest absolute Gasteiger partial charge is 0.481 e. The van der Waals surface area contributed by atoms with E-state index in [9.17, 15) is 14.4 Å². The first-order valence-electron chi connectivity index (χ1n) is 8.13. The van der Waals surface area contributed by atoms with Crippen molar-refractivity contribution in [2.45, 2.75) is 77.2 Å². The van der Waals surface area contributed by atoms with Crippen molar-refractivity contribution >= 4 is 17.8 Å². The van der Waals surface area contributed by atoms with E-state index in [4.69, 9.17) is 5.11 Å². The number of nitrogens with one attached hydrogen (secondary N) is 2. The van der Waals surface area contributed by atoms with E-state index in [-0.39, 0.29) is 35.9 Å². The first kappa shape index (κ1) is 17.7. The van der Waals surface area contributed by atoms with Crippen LogP contribution in [-0.2, 0) is 14.4 Å². The Morgan fingerprint density at radius 3 is 2.43 bits per heavy atom. The summed E-state index contributed by atoms with van der Waals surface area (Å²) in [4.78, 5) is 37.7. The quantitative estimate of drug-likeness (QED) is 0.633. The van der Waals surface area contributed by atoms with Crippen LogP contribution in [-0.4, -0.2) is 57.5 Å². The molecule has 2 saturated heterocycles. The first-order chi connectivity index (χ1) is 10.5. The van der Waals surface area contributed by atoms with Crippen LogP contribution < -0.4 is 10.6 Å². The van der Waals surface area contributed by atoms with Crippen LogP contribution in [0.4, 0.5) is 0 Å². The van der Waals surface area contributed by atoms with E-state index in [1.165, 1.54) is 0 Å². The van der Waals surface area contributed by atoms with E-state index in [2.05, 4.69) is 24.5 Å². The third-order valence-electron chi connectivity index (χ3n) is 4.13. The number of nitrogens with zero attached hydrogens (tertiary/aromatic N) is 1. The van der Waals surface area contributed by atoms with Gasteiger partial charge < -0.3 is 15.3 Å². The summed E-state index contributed by atoms with van der Waals surface area (Å²) in [5.41, 5.74) is -0.379. The van der Waals surface area contributed by atoms with Gasteiger partial charge in [0.1, 0.15) is 6.04 Å². The third-order valence-corrected chi connectivity index (χ3v) is 4.13. The van der Waals surface area contributed by atoms with E-state index in [1.807, 2.05) is 20.8 Å². The van der Waals surface area contributed by atoms with Gasteiger partial charge >= 0.3 is 5.97 Å². The highest BCUT2D eigenvalue weighted by molar-refractivity contribution is 5.94. The number of fused-ring (bicyclic) bond motifs is 1. The summed E-state index contributed by atoms with van der Waals surface area (Å²) in [6.07, 6.45) is 0.507. The van der Waals surface area contributed by atoms with Crippen molar-refractivity contribution in [3.63, 3.8) is 0 Å². The zero-order valence-corrected chi connectivity index (χ0v) is 14.4. The Balaban J connectivity index is 2.17. The topological polar surface area (TPSA) is 98.5 Å². The maximum atomic E-state index is 12.6. The van der Waals surface area contributed by atoms with Gasteiger partial charge in [0.05, 0.1) is 24.5 Å². The molecular formula is C16H27N3O4. The van der Waals surface area contributed by atoms with Gasteiger partial charge in [0, 0.05) is 5.54 Å². The van der Waals surface area contributed by atoms with Gasteiger partial charge in [-0.1, -0.05) is 13.8 Å². The summed E-state index contributed by atoms with van der Waals surface area (Å²) in [6.45, 7) is 9.82. The lowest BCUT2D eigenvalue weighted by molar-refractivity contribution is -0.143. The van der Waals surface area contributed by atoms with Gasteiger partial charge in [0.15, 0.2) is 0 Å². The Morgan fingerprint density at radius 1 is 1.35 bits per heavy atom. The molecule has 7 nitrogen and oxygen atoms in total. The summed E-state index contributed by atoms with van der Waals surface area (Å²) in [6, 6.07) is -1.54. The van der Waals surface area contributed by atoms with Gasteiger partial charge in [-0.05, 0) is 33.1 Å². The van der Waals surface area contributed by atoms with Gasteiger partial charge in [0.25, 0.3) is 0 Å². The maximum Gasteiger partial charge on any atom is 0.305 e. The maximum absolute atomic E-state index is 12.6. The lowest BCUT2D eigenvalue weighted by Crippen LogP contribution is -2.61. The number of piperazine rings is 1. The molecule has 23 heavy (non-hydrogen) atoms. The second-order valence-electron chi connectivity index (χ2n) is 7.97. The Bertz CT molecular complexity index is 512. The molecule has 0 aliphatic carbocycles. The Labute approximate surface area is 136 Å². The molecule has 2 fully saturated rings. The molecule has 7 heteroatoms. The van der Waals surface area contributed by atoms with Crippen LogP contribution in [0.15, 0.2) is 0 Å². The molecule has 2 amide bonds. The van der Waals surface area contributed by atoms with Crippen molar-refractivity contribution in [2.75, 3.05) is 0 Å². The van der Waals surface area contributed by atoms with Crippen molar-refractivity contribution in [3.05, 3.63) is 0 Å². The van der Waals surface area contributed by atoms with Gasteiger partial charge in [-0.25, -0.2) is 0 Å². The number of carbonyl (C=O) groups is 3. The predicted octanol–water partition coefficient (Wildman–Crippen LogP) is 0.342. The number of carboxylic acids is 1. The molecule has 130 valence electrons. The molecule has 0 spiro atoms. The number of hydrogen-bond donors (Lipinski definition) is 3. The molecule has 4 atom stereocenters. The fraction of sp³-hybridized carbons (Fsp3) is 0.812. The Morgan fingerprint density at radius 2 is 1.96 bits per heavy atom. The summed E-state index contributed by atoms with van der Waals surface area (Å²) in [5.74, 6) is -1.03. The fourth-order valence-electron chi connectivity index (χ4n) is 3.30. The summed E-state index contributed by atoms with van der Waals surface area (Å²) < 4.78 is 0. The van der Waals surface area contributed by atoms with Crippen LogP contribution in [0, 0.1) is 5.92 Å². The molecule has 0 saturated carbocycles. The second kappa shape index (κ2) is 6.11. The minimum absolute atomic E-state index is 0.0181. The summed E-state index contributed by atoms with van der Waals surface area (Å²) in [5, 5.41) is 14.9. The number of hydrogen-bond acceptors (Lipinski definition) is 4. The lowest BCUT2D eigenvalue weighted by Gasteiger charge is -2.31. The molecule has 2 rings (SSSR count).